The van der Waals surface area contributed by atoms with Gasteiger partial charge in [0.2, 0.25) is 0 Å². The number of non-ortho nitro benzene ring substituents is 1. The van der Waals surface area contributed by atoms with Crippen LogP contribution in [0.4, 0.5) is 17.1 Å². The summed E-state index contributed by atoms with van der Waals surface area (Å²) in [7, 11) is 1.74. The number of aliphatic hydroxyl groups excluding tert-OH is 1. The predicted molar refractivity (Wildman–Crippen MR) is 79.1 cm³/mol. The highest BCUT2D eigenvalue weighted by molar-refractivity contribution is 5.63. The van der Waals surface area contributed by atoms with Gasteiger partial charge in [-0.15, -0.1) is 0 Å². The number of anilines is 2. The smallest absolute Gasteiger partial charge is 0.273 e. The van der Waals surface area contributed by atoms with Gasteiger partial charge in [0.15, 0.2) is 0 Å². The number of benzene rings is 1. The molecule has 0 amide bonds. The van der Waals surface area contributed by atoms with Crippen LogP contribution in [0.1, 0.15) is 25.7 Å². The van der Waals surface area contributed by atoms with E-state index in [0.29, 0.717) is 11.6 Å². The second-order valence-electron chi connectivity index (χ2n) is 5.34. The van der Waals surface area contributed by atoms with Crippen LogP contribution >= 0.6 is 0 Å². The molecule has 1 aromatic carbocycles. The lowest BCUT2D eigenvalue weighted by molar-refractivity contribution is -0.384. The minimum absolute atomic E-state index is 0.0722. The van der Waals surface area contributed by atoms with E-state index in [4.69, 9.17) is 0 Å². The van der Waals surface area contributed by atoms with Crippen LogP contribution in [0.5, 0.6) is 0 Å². The van der Waals surface area contributed by atoms with Crippen LogP contribution in [0.15, 0.2) is 18.2 Å². The van der Waals surface area contributed by atoms with Crippen LogP contribution in [0.3, 0.4) is 0 Å². The number of hydrogen-bond acceptors (Lipinski definition) is 5. The first-order valence-corrected chi connectivity index (χ1v) is 6.97. The summed E-state index contributed by atoms with van der Waals surface area (Å²) in [5.41, 5.74) is 1.53. The molecule has 1 aliphatic rings. The fourth-order valence-corrected chi connectivity index (χ4v) is 2.67. The third kappa shape index (κ3) is 3.84. The van der Waals surface area contributed by atoms with Crippen LogP contribution in [0.2, 0.25) is 0 Å². The summed E-state index contributed by atoms with van der Waals surface area (Å²) in [5.74, 6) is 0.427. The highest BCUT2D eigenvalue weighted by Gasteiger charge is 2.20. The Morgan fingerprint density at radius 3 is 2.75 bits per heavy atom. The molecular weight excluding hydrogens is 258 g/mol. The summed E-state index contributed by atoms with van der Waals surface area (Å²) in [4.78, 5) is 10.5. The van der Waals surface area contributed by atoms with Gasteiger partial charge < -0.3 is 15.7 Å². The molecule has 0 heterocycles. The van der Waals surface area contributed by atoms with Crippen molar-refractivity contribution < 1.29 is 10.0 Å². The lowest BCUT2D eigenvalue weighted by atomic mass is 9.87. The maximum Gasteiger partial charge on any atom is 0.273 e. The molecule has 0 radical (unpaired) electrons. The molecule has 1 aliphatic carbocycles. The van der Waals surface area contributed by atoms with Gasteiger partial charge in [-0.05, 0) is 31.2 Å². The Balaban J connectivity index is 2.01. The maximum atomic E-state index is 10.9. The number of nitrogens with one attached hydrogen (secondary N) is 2. The molecule has 1 saturated carbocycles. The average Bonchev–Trinajstić information content (AvgIpc) is 2.45. The summed E-state index contributed by atoms with van der Waals surface area (Å²) in [5, 5.41) is 26.7. The van der Waals surface area contributed by atoms with E-state index in [1.807, 2.05) is 6.07 Å². The minimum Gasteiger partial charge on any atom is -0.393 e. The van der Waals surface area contributed by atoms with E-state index in [1.54, 1.807) is 13.1 Å². The standard InChI is InChI=1S/C14H21N3O3/c1-15-11-6-12(8-13(7-11)17(19)20)16-9-10-3-2-4-14(18)5-10/h6-8,10,14-16,18H,2-5,9H2,1H3. The molecule has 2 atom stereocenters. The van der Waals surface area contributed by atoms with E-state index in [-0.39, 0.29) is 11.8 Å². The number of nitro benzene ring substituents is 1. The van der Waals surface area contributed by atoms with Crippen LogP contribution in [-0.4, -0.2) is 29.7 Å². The average molecular weight is 279 g/mol. The van der Waals surface area contributed by atoms with Crippen molar-refractivity contribution in [3.63, 3.8) is 0 Å². The SMILES string of the molecule is CNc1cc(NCC2CCCC(O)C2)cc([N+](=O)[O-])c1. The van der Waals surface area contributed by atoms with E-state index in [0.717, 1.165) is 37.9 Å². The summed E-state index contributed by atoms with van der Waals surface area (Å²) in [6.07, 6.45) is 3.63. The number of nitrogens with zero attached hydrogens (tertiary/aromatic N) is 1. The van der Waals surface area contributed by atoms with Gasteiger partial charge in [0.1, 0.15) is 0 Å². The van der Waals surface area contributed by atoms with Crippen molar-refractivity contribution in [2.75, 3.05) is 24.2 Å². The molecule has 0 aromatic heterocycles. The molecule has 3 N–H and O–H groups in total. The van der Waals surface area contributed by atoms with Gasteiger partial charge in [-0.1, -0.05) is 6.42 Å². The molecule has 110 valence electrons. The van der Waals surface area contributed by atoms with Crippen LogP contribution in [0, 0.1) is 16.0 Å². The second-order valence-corrected chi connectivity index (χ2v) is 5.34. The first-order chi connectivity index (χ1) is 9.58. The molecule has 0 aliphatic heterocycles. The summed E-state index contributed by atoms with van der Waals surface area (Å²) in [6, 6.07) is 4.90. The molecule has 2 rings (SSSR count). The molecule has 1 fully saturated rings. The highest BCUT2D eigenvalue weighted by atomic mass is 16.6. The van der Waals surface area contributed by atoms with Crippen molar-refractivity contribution in [1.82, 2.24) is 0 Å². The number of rotatable bonds is 5. The quantitative estimate of drug-likeness (QED) is 0.569. The maximum absolute atomic E-state index is 10.9. The van der Waals surface area contributed by atoms with E-state index in [9.17, 15) is 15.2 Å². The van der Waals surface area contributed by atoms with Gasteiger partial charge in [0, 0.05) is 37.1 Å². The van der Waals surface area contributed by atoms with Gasteiger partial charge in [-0.3, -0.25) is 10.1 Å². The van der Waals surface area contributed by atoms with E-state index >= 15 is 0 Å². The van der Waals surface area contributed by atoms with Crippen LogP contribution in [0.25, 0.3) is 0 Å². The minimum atomic E-state index is -0.392. The Hall–Kier alpha value is -1.82. The number of hydrogen-bond donors (Lipinski definition) is 3. The van der Waals surface area contributed by atoms with Crippen molar-refractivity contribution >= 4 is 17.1 Å². The summed E-state index contributed by atoms with van der Waals surface area (Å²) < 4.78 is 0. The Kier molecular flexibility index (Phi) is 4.79. The Bertz CT molecular complexity index is 479. The van der Waals surface area contributed by atoms with Gasteiger partial charge in [-0.25, -0.2) is 0 Å². The van der Waals surface area contributed by atoms with Crippen molar-refractivity contribution in [2.45, 2.75) is 31.8 Å². The van der Waals surface area contributed by atoms with Crippen LogP contribution in [-0.2, 0) is 0 Å². The van der Waals surface area contributed by atoms with Crippen molar-refractivity contribution in [3.05, 3.63) is 28.3 Å². The molecule has 6 nitrogen and oxygen atoms in total. The third-order valence-electron chi connectivity index (χ3n) is 3.77. The lowest BCUT2D eigenvalue weighted by Gasteiger charge is -2.26. The number of aliphatic hydroxyl groups is 1. The summed E-state index contributed by atoms with van der Waals surface area (Å²) >= 11 is 0. The Labute approximate surface area is 118 Å². The summed E-state index contributed by atoms with van der Waals surface area (Å²) in [6.45, 7) is 0.737. The monoisotopic (exact) mass is 279 g/mol. The zero-order chi connectivity index (χ0) is 14.5. The van der Waals surface area contributed by atoms with E-state index in [1.165, 1.54) is 6.07 Å². The second kappa shape index (κ2) is 6.56. The van der Waals surface area contributed by atoms with Crippen molar-refractivity contribution in [3.8, 4) is 0 Å². The topological polar surface area (TPSA) is 87.4 Å². The van der Waals surface area contributed by atoms with Crippen molar-refractivity contribution in [2.24, 2.45) is 5.92 Å². The number of nitro groups is 1. The van der Waals surface area contributed by atoms with E-state index in [2.05, 4.69) is 10.6 Å². The van der Waals surface area contributed by atoms with Crippen molar-refractivity contribution in [1.29, 1.82) is 0 Å². The first kappa shape index (κ1) is 14.6. The van der Waals surface area contributed by atoms with Gasteiger partial charge in [-0.2, -0.15) is 0 Å². The Morgan fingerprint density at radius 2 is 2.10 bits per heavy atom. The zero-order valence-electron chi connectivity index (χ0n) is 11.6. The van der Waals surface area contributed by atoms with Gasteiger partial charge >= 0.3 is 0 Å². The molecule has 2 unspecified atom stereocenters. The van der Waals surface area contributed by atoms with Crippen LogP contribution < -0.4 is 10.6 Å². The molecule has 0 bridgehead atoms. The molecule has 20 heavy (non-hydrogen) atoms. The molecule has 6 heteroatoms. The molecular formula is C14H21N3O3. The fourth-order valence-electron chi connectivity index (χ4n) is 2.67. The fraction of sp³-hybridized carbons (Fsp3) is 0.571. The normalized spacial score (nSPS) is 22.3. The highest BCUT2D eigenvalue weighted by Crippen LogP contribution is 2.27. The third-order valence-corrected chi connectivity index (χ3v) is 3.77. The van der Waals surface area contributed by atoms with E-state index < -0.39 is 4.92 Å². The Morgan fingerprint density at radius 1 is 1.35 bits per heavy atom. The molecule has 1 aromatic rings. The predicted octanol–water partition coefficient (Wildman–Crippen LogP) is 2.60. The molecule has 0 spiro atoms. The zero-order valence-corrected chi connectivity index (χ0v) is 11.6. The first-order valence-electron chi connectivity index (χ1n) is 6.97. The van der Waals surface area contributed by atoms with Gasteiger partial charge in [0.25, 0.3) is 5.69 Å². The lowest BCUT2D eigenvalue weighted by Crippen LogP contribution is -2.25. The largest absolute Gasteiger partial charge is 0.393 e. The van der Waals surface area contributed by atoms with Gasteiger partial charge in [0.05, 0.1) is 11.0 Å². The molecule has 0 saturated heterocycles.